The van der Waals surface area contributed by atoms with E-state index < -0.39 is 0 Å². The second-order valence-electron chi connectivity index (χ2n) is 5.91. The SMILES string of the molecule is COc1ccc2ccccc2c1C1(CN)CCCCC1. The second-order valence-corrected chi connectivity index (χ2v) is 5.91. The van der Waals surface area contributed by atoms with Gasteiger partial charge in [0.25, 0.3) is 0 Å². The highest BCUT2D eigenvalue weighted by molar-refractivity contribution is 5.89. The van der Waals surface area contributed by atoms with Crippen molar-refractivity contribution >= 4 is 10.8 Å². The van der Waals surface area contributed by atoms with Gasteiger partial charge in [0.1, 0.15) is 5.75 Å². The van der Waals surface area contributed by atoms with Crippen molar-refractivity contribution in [3.63, 3.8) is 0 Å². The fraction of sp³-hybridized carbons (Fsp3) is 0.444. The number of benzene rings is 2. The lowest BCUT2D eigenvalue weighted by Crippen LogP contribution is -2.37. The molecule has 0 amide bonds. The summed E-state index contributed by atoms with van der Waals surface area (Å²) >= 11 is 0. The molecule has 1 aliphatic rings. The monoisotopic (exact) mass is 269 g/mol. The van der Waals surface area contributed by atoms with Gasteiger partial charge in [-0.25, -0.2) is 0 Å². The Morgan fingerprint density at radius 3 is 2.50 bits per heavy atom. The minimum absolute atomic E-state index is 0.0878. The zero-order chi connectivity index (χ0) is 14.0. The second kappa shape index (κ2) is 5.45. The van der Waals surface area contributed by atoms with Crippen LogP contribution in [-0.2, 0) is 5.41 Å². The van der Waals surface area contributed by atoms with E-state index in [0.717, 1.165) is 5.75 Å². The standard InChI is InChI=1S/C18H23NO/c1-20-16-10-9-14-7-3-4-8-15(14)17(16)18(13-19)11-5-2-6-12-18/h3-4,7-10H,2,5-6,11-13,19H2,1H3. The third kappa shape index (κ3) is 2.08. The summed E-state index contributed by atoms with van der Waals surface area (Å²) in [6.45, 7) is 0.706. The van der Waals surface area contributed by atoms with Gasteiger partial charge in [-0.15, -0.1) is 0 Å². The summed E-state index contributed by atoms with van der Waals surface area (Å²) in [7, 11) is 1.76. The molecule has 1 saturated carbocycles. The Bertz CT molecular complexity index is 599. The van der Waals surface area contributed by atoms with Crippen molar-refractivity contribution in [2.75, 3.05) is 13.7 Å². The highest BCUT2D eigenvalue weighted by atomic mass is 16.5. The first kappa shape index (κ1) is 13.4. The van der Waals surface area contributed by atoms with Gasteiger partial charge in [-0.05, 0) is 29.7 Å². The van der Waals surface area contributed by atoms with Crippen molar-refractivity contribution < 1.29 is 4.74 Å². The topological polar surface area (TPSA) is 35.2 Å². The molecule has 0 saturated heterocycles. The Morgan fingerprint density at radius 2 is 1.80 bits per heavy atom. The van der Waals surface area contributed by atoms with Crippen molar-refractivity contribution in [2.45, 2.75) is 37.5 Å². The summed E-state index contributed by atoms with van der Waals surface area (Å²) in [5.41, 5.74) is 7.65. The van der Waals surface area contributed by atoms with Crippen molar-refractivity contribution in [2.24, 2.45) is 5.73 Å². The Hall–Kier alpha value is -1.54. The predicted molar refractivity (Wildman–Crippen MR) is 84.3 cm³/mol. The Morgan fingerprint density at radius 1 is 1.05 bits per heavy atom. The van der Waals surface area contributed by atoms with E-state index in [1.54, 1.807) is 7.11 Å². The van der Waals surface area contributed by atoms with Crippen LogP contribution in [0.15, 0.2) is 36.4 Å². The van der Waals surface area contributed by atoms with Crippen molar-refractivity contribution in [1.29, 1.82) is 0 Å². The molecular formula is C18H23NO. The molecule has 1 aliphatic carbocycles. The van der Waals surface area contributed by atoms with Crippen molar-refractivity contribution in [3.05, 3.63) is 42.0 Å². The lowest BCUT2D eigenvalue weighted by Gasteiger charge is -2.38. The molecule has 2 aromatic rings. The molecule has 106 valence electrons. The van der Waals surface area contributed by atoms with Gasteiger partial charge in [-0.1, -0.05) is 49.6 Å². The molecule has 0 spiro atoms. The van der Waals surface area contributed by atoms with Crippen LogP contribution in [0, 0.1) is 0 Å². The highest BCUT2D eigenvalue weighted by Gasteiger charge is 2.36. The van der Waals surface area contributed by atoms with Crippen LogP contribution in [0.1, 0.15) is 37.7 Å². The maximum absolute atomic E-state index is 6.23. The number of fused-ring (bicyclic) bond motifs is 1. The summed E-state index contributed by atoms with van der Waals surface area (Å²) in [4.78, 5) is 0. The van der Waals surface area contributed by atoms with Gasteiger partial charge in [0, 0.05) is 17.5 Å². The first-order valence-corrected chi connectivity index (χ1v) is 7.57. The van der Waals surface area contributed by atoms with Crippen molar-refractivity contribution in [1.82, 2.24) is 0 Å². The highest BCUT2D eigenvalue weighted by Crippen LogP contribution is 2.45. The quantitative estimate of drug-likeness (QED) is 0.913. The number of ether oxygens (including phenoxy) is 1. The molecule has 1 fully saturated rings. The molecule has 20 heavy (non-hydrogen) atoms. The van der Waals surface area contributed by atoms with E-state index in [2.05, 4.69) is 36.4 Å². The number of nitrogens with two attached hydrogens (primary N) is 1. The molecule has 0 aromatic heterocycles. The summed E-state index contributed by atoms with van der Waals surface area (Å²) in [6, 6.07) is 12.8. The van der Waals surface area contributed by atoms with E-state index in [-0.39, 0.29) is 5.41 Å². The average molecular weight is 269 g/mol. The van der Waals surface area contributed by atoms with E-state index >= 15 is 0 Å². The van der Waals surface area contributed by atoms with Crippen LogP contribution in [0.25, 0.3) is 10.8 Å². The molecule has 0 bridgehead atoms. The van der Waals surface area contributed by atoms with Gasteiger partial charge in [-0.2, -0.15) is 0 Å². The van der Waals surface area contributed by atoms with Gasteiger partial charge in [0.05, 0.1) is 7.11 Å². The average Bonchev–Trinajstić information content (AvgIpc) is 2.54. The van der Waals surface area contributed by atoms with Crippen LogP contribution in [0.2, 0.25) is 0 Å². The fourth-order valence-corrected chi connectivity index (χ4v) is 3.75. The van der Waals surface area contributed by atoms with Crippen LogP contribution < -0.4 is 10.5 Å². The Kier molecular flexibility index (Phi) is 3.66. The van der Waals surface area contributed by atoms with E-state index in [4.69, 9.17) is 10.5 Å². The van der Waals surface area contributed by atoms with E-state index in [1.807, 2.05) is 0 Å². The fourth-order valence-electron chi connectivity index (χ4n) is 3.75. The van der Waals surface area contributed by atoms with Gasteiger partial charge in [0.2, 0.25) is 0 Å². The molecule has 3 rings (SSSR count). The molecule has 0 aliphatic heterocycles. The van der Waals surface area contributed by atoms with Crippen LogP contribution in [0.3, 0.4) is 0 Å². The zero-order valence-electron chi connectivity index (χ0n) is 12.2. The van der Waals surface area contributed by atoms with E-state index in [9.17, 15) is 0 Å². The minimum atomic E-state index is 0.0878. The van der Waals surface area contributed by atoms with E-state index in [1.165, 1.54) is 48.4 Å². The Labute approximate surface area is 120 Å². The number of methoxy groups -OCH3 is 1. The molecule has 0 radical (unpaired) electrons. The lowest BCUT2D eigenvalue weighted by molar-refractivity contribution is 0.290. The van der Waals surface area contributed by atoms with Gasteiger partial charge in [0.15, 0.2) is 0 Å². The molecule has 2 aromatic carbocycles. The molecular weight excluding hydrogens is 246 g/mol. The van der Waals surface area contributed by atoms with Crippen molar-refractivity contribution in [3.8, 4) is 5.75 Å². The summed E-state index contributed by atoms with van der Waals surface area (Å²) in [5, 5.41) is 2.58. The van der Waals surface area contributed by atoms with Gasteiger partial charge >= 0.3 is 0 Å². The third-order valence-corrected chi connectivity index (χ3v) is 4.84. The van der Waals surface area contributed by atoms with E-state index in [0.29, 0.717) is 6.54 Å². The third-order valence-electron chi connectivity index (χ3n) is 4.84. The maximum atomic E-state index is 6.23. The largest absolute Gasteiger partial charge is 0.496 e. The molecule has 0 unspecified atom stereocenters. The van der Waals surface area contributed by atoms with Crippen LogP contribution >= 0.6 is 0 Å². The van der Waals surface area contributed by atoms with Gasteiger partial charge in [-0.3, -0.25) is 0 Å². The minimum Gasteiger partial charge on any atom is -0.496 e. The molecule has 2 nitrogen and oxygen atoms in total. The first-order chi connectivity index (χ1) is 9.80. The summed E-state index contributed by atoms with van der Waals surface area (Å²) in [6.07, 6.45) is 6.21. The first-order valence-electron chi connectivity index (χ1n) is 7.57. The van der Waals surface area contributed by atoms with Gasteiger partial charge < -0.3 is 10.5 Å². The molecule has 0 atom stereocenters. The molecule has 0 heterocycles. The summed E-state index contributed by atoms with van der Waals surface area (Å²) < 4.78 is 5.68. The Balaban J connectivity index is 2.26. The number of hydrogen-bond donors (Lipinski definition) is 1. The number of hydrogen-bond acceptors (Lipinski definition) is 2. The number of rotatable bonds is 3. The normalized spacial score (nSPS) is 18.1. The zero-order valence-corrected chi connectivity index (χ0v) is 12.2. The predicted octanol–water partition coefficient (Wildman–Crippen LogP) is 4.01. The maximum Gasteiger partial charge on any atom is 0.123 e. The van der Waals surface area contributed by atoms with Crippen LogP contribution in [-0.4, -0.2) is 13.7 Å². The smallest absolute Gasteiger partial charge is 0.123 e. The molecule has 2 heteroatoms. The van der Waals surface area contributed by atoms with Crippen LogP contribution in [0.4, 0.5) is 0 Å². The summed E-state index contributed by atoms with van der Waals surface area (Å²) in [5.74, 6) is 0.996. The molecule has 2 N–H and O–H groups in total. The lowest BCUT2D eigenvalue weighted by atomic mass is 9.68. The van der Waals surface area contributed by atoms with Crippen LogP contribution in [0.5, 0.6) is 5.75 Å².